The fourth-order valence-corrected chi connectivity index (χ4v) is 3.40. The molecule has 0 aromatic heterocycles. The summed E-state index contributed by atoms with van der Waals surface area (Å²) in [6, 6.07) is 13.1. The largest absolute Gasteiger partial charge is 0.489 e. The van der Waals surface area contributed by atoms with Gasteiger partial charge in [-0.2, -0.15) is 0 Å². The van der Waals surface area contributed by atoms with Crippen LogP contribution in [0.5, 0.6) is 5.75 Å². The third-order valence-corrected chi connectivity index (χ3v) is 5.45. The molecule has 0 saturated heterocycles. The first-order chi connectivity index (χ1) is 12.1. The van der Waals surface area contributed by atoms with E-state index in [1.165, 1.54) is 54.4 Å². The summed E-state index contributed by atoms with van der Waals surface area (Å²) in [5, 5.41) is 0. The van der Waals surface area contributed by atoms with Crippen molar-refractivity contribution in [1.82, 2.24) is 0 Å². The highest BCUT2D eigenvalue weighted by Crippen LogP contribution is 2.21. The molecule has 1 saturated carbocycles. The SMILES string of the molecule is Cc1ccc(COc2ccc(C=NC3CCCCC3)cc2)c(C)c1C. The first kappa shape index (κ1) is 17.7. The van der Waals surface area contributed by atoms with Crippen molar-refractivity contribution in [3.63, 3.8) is 0 Å². The van der Waals surface area contributed by atoms with E-state index in [-0.39, 0.29) is 0 Å². The van der Waals surface area contributed by atoms with E-state index in [9.17, 15) is 0 Å². The van der Waals surface area contributed by atoms with Crippen LogP contribution in [0.2, 0.25) is 0 Å². The zero-order valence-corrected chi connectivity index (χ0v) is 15.7. The van der Waals surface area contributed by atoms with Crippen LogP contribution in [0.25, 0.3) is 0 Å². The summed E-state index contributed by atoms with van der Waals surface area (Å²) in [5.41, 5.74) is 6.43. The number of aliphatic imine (C=N–C) groups is 1. The Bertz CT molecular complexity index is 725. The third-order valence-electron chi connectivity index (χ3n) is 5.45. The fraction of sp³-hybridized carbons (Fsp3) is 0.435. The van der Waals surface area contributed by atoms with Crippen LogP contribution >= 0.6 is 0 Å². The minimum atomic E-state index is 0.525. The Kier molecular flexibility index (Phi) is 5.91. The Labute approximate surface area is 152 Å². The molecule has 2 aromatic carbocycles. The maximum absolute atomic E-state index is 5.97. The monoisotopic (exact) mass is 335 g/mol. The van der Waals surface area contributed by atoms with Crippen LogP contribution in [-0.4, -0.2) is 12.3 Å². The number of ether oxygens (including phenoxy) is 1. The first-order valence-electron chi connectivity index (χ1n) is 9.45. The number of hydrogen-bond acceptors (Lipinski definition) is 2. The summed E-state index contributed by atoms with van der Waals surface area (Å²) in [6.07, 6.45) is 8.53. The van der Waals surface area contributed by atoms with Crippen molar-refractivity contribution in [2.75, 3.05) is 0 Å². The van der Waals surface area contributed by atoms with E-state index in [1.807, 2.05) is 18.3 Å². The van der Waals surface area contributed by atoms with Crippen LogP contribution in [0.4, 0.5) is 0 Å². The second-order valence-electron chi connectivity index (χ2n) is 7.22. The van der Waals surface area contributed by atoms with Crippen molar-refractivity contribution in [3.05, 3.63) is 64.2 Å². The molecule has 2 nitrogen and oxygen atoms in total. The predicted octanol–water partition coefficient (Wildman–Crippen LogP) is 5.94. The van der Waals surface area contributed by atoms with E-state index in [0.717, 1.165) is 11.3 Å². The summed E-state index contributed by atoms with van der Waals surface area (Å²) in [4.78, 5) is 4.74. The number of benzene rings is 2. The smallest absolute Gasteiger partial charge is 0.119 e. The highest BCUT2D eigenvalue weighted by Gasteiger charge is 2.10. The quantitative estimate of drug-likeness (QED) is 0.619. The van der Waals surface area contributed by atoms with Crippen molar-refractivity contribution in [3.8, 4) is 5.75 Å². The first-order valence-corrected chi connectivity index (χ1v) is 9.45. The van der Waals surface area contributed by atoms with Gasteiger partial charge in [0.15, 0.2) is 0 Å². The van der Waals surface area contributed by atoms with Gasteiger partial charge in [-0.25, -0.2) is 0 Å². The van der Waals surface area contributed by atoms with E-state index in [2.05, 4.69) is 45.0 Å². The van der Waals surface area contributed by atoms with Gasteiger partial charge in [0.05, 0.1) is 0 Å². The highest BCUT2D eigenvalue weighted by atomic mass is 16.5. The molecular weight excluding hydrogens is 306 g/mol. The Morgan fingerprint density at radius 2 is 1.64 bits per heavy atom. The number of hydrogen-bond donors (Lipinski definition) is 0. The molecule has 3 rings (SSSR count). The van der Waals surface area contributed by atoms with Gasteiger partial charge in [0.25, 0.3) is 0 Å². The Morgan fingerprint density at radius 1 is 0.920 bits per heavy atom. The highest BCUT2D eigenvalue weighted by molar-refractivity contribution is 5.79. The summed E-state index contributed by atoms with van der Waals surface area (Å²) >= 11 is 0. The standard InChI is InChI=1S/C23H29NO/c1-17-9-12-21(19(3)18(17)2)16-25-23-13-10-20(11-14-23)15-24-22-7-5-4-6-8-22/h9-15,22H,4-8,16H2,1-3H3. The van der Waals surface area contributed by atoms with Crippen LogP contribution in [0.1, 0.15) is 59.9 Å². The summed E-state index contributed by atoms with van der Waals surface area (Å²) in [7, 11) is 0. The average Bonchev–Trinajstić information content (AvgIpc) is 2.66. The van der Waals surface area contributed by atoms with Gasteiger partial charge in [-0.3, -0.25) is 4.99 Å². The maximum Gasteiger partial charge on any atom is 0.119 e. The van der Waals surface area contributed by atoms with Gasteiger partial charge < -0.3 is 4.74 Å². The zero-order valence-electron chi connectivity index (χ0n) is 15.7. The molecule has 25 heavy (non-hydrogen) atoms. The van der Waals surface area contributed by atoms with Gasteiger partial charge in [0.1, 0.15) is 12.4 Å². The topological polar surface area (TPSA) is 21.6 Å². The molecule has 0 aliphatic heterocycles. The Hall–Kier alpha value is -2.09. The van der Waals surface area contributed by atoms with Gasteiger partial charge in [0, 0.05) is 12.3 Å². The van der Waals surface area contributed by atoms with Gasteiger partial charge >= 0.3 is 0 Å². The van der Waals surface area contributed by atoms with Crippen molar-refractivity contribution < 1.29 is 4.74 Å². The van der Waals surface area contributed by atoms with E-state index in [1.54, 1.807) is 0 Å². The molecule has 1 fully saturated rings. The van der Waals surface area contributed by atoms with E-state index in [4.69, 9.17) is 9.73 Å². The van der Waals surface area contributed by atoms with Gasteiger partial charge in [-0.05, 0) is 85.7 Å². The summed E-state index contributed by atoms with van der Waals surface area (Å²) < 4.78 is 5.97. The third kappa shape index (κ3) is 4.72. The lowest BCUT2D eigenvalue weighted by Crippen LogP contribution is -2.09. The zero-order chi connectivity index (χ0) is 17.6. The minimum Gasteiger partial charge on any atom is -0.489 e. The van der Waals surface area contributed by atoms with Gasteiger partial charge in [0.2, 0.25) is 0 Å². The van der Waals surface area contributed by atoms with E-state index >= 15 is 0 Å². The van der Waals surface area contributed by atoms with E-state index in [0.29, 0.717) is 12.6 Å². The van der Waals surface area contributed by atoms with Crippen molar-refractivity contribution in [2.24, 2.45) is 4.99 Å². The lowest BCUT2D eigenvalue weighted by atomic mass is 9.96. The van der Waals surface area contributed by atoms with Crippen molar-refractivity contribution >= 4 is 6.21 Å². The lowest BCUT2D eigenvalue weighted by molar-refractivity contribution is 0.305. The molecule has 0 bridgehead atoms. The normalized spacial score (nSPS) is 15.6. The molecule has 0 spiro atoms. The molecule has 1 aliphatic rings. The Balaban J connectivity index is 1.57. The molecule has 0 unspecified atom stereocenters. The second kappa shape index (κ2) is 8.33. The maximum atomic E-state index is 5.97. The molecule has 2 aromatic rings. The van der Waals surface area contributed by atoms with Crippen LogP contribution in [0, 0.1) is 20.8 Å². The van der Waals surface area contributed by atoms with Crippen LogP contribution in [0.15, 0.2) is 41.4 Å². The Morgan fingerprint density at radius 3 is 2.36 bits per heavy atom. The molecule has 0 heterocycles. The molecular formula is C23H29NO. The van der Waals surface area contributed by atoms with Crippen LogP contribution < -0.4 is 4.74 Å². The number of aryl methyl sites for hydroxylation is 1. The molecule has 1 aliphatic carbocycles. The molecule has 0 N–H and O–H groups in total. The fourth-order valence-electron chi connectivity index (χ4n) is 3.40. The van der Waals surface area contributed by atoms with E-state index < -0.39 is 0 Å². The van der Waals surface area contributed by atoms with Gasteiger partial charge in [-0.15, -0.1) is 0 Å². The number of nitrogens with zero attached hydrogens (tertiary/aromatic N) is 1. The van der Waals surface area contributed by atoms with Crippen LogP contribution in [-0.2, 0) is 6.61 Å². The minimum absolute atomic E-state index is 0.525. The molecule has 0 amide bonds. The second-order valence-corrected chi connectivity index (χ2v) is 7.22. The van der Waals surface area contributed by atoms with Gasteiger partial charge in [-0.1, -0.05) is 31.4 Å². The molecule has 132 valence electrons. The van der Waals surface area contributed by atoms with Crippen molar-refractivity contribution in [2.45, 2.75) is 65.5 Å². The molecule has 2 heteroatoms. The molecule has 0 atom stereocenters. The summed E-state index contributed by atoms with van der Waals surface area (Å²) in [5.74, 6) is 0.910. The van der Waals surface area contributed by atoms with Crippen LogP contribution in [0.3, 0.4) is 0 Å². The average molecular weight is 335 g/mol. The number of rotatable bonds is 5. The van der Waals surface area contributed by atoms with Crippen molar-refractivity contribution in [1.29, 1.82) is 0 Å². The predicted molar refractivity (Wildman–Crippen MR) is 106 cm³/mol. The molecule has 0 radical (unpaired) electrons. The summed E-state index contributed by atoms with van der Waals surface area (Å²) in [6.45, 7) is 7.11. The lowest BCUT2D eigenvalue weighted by Gasteiger charge is -2.17.